The van der Waals surface area contributed by atoms with Crippen molar-refractivity contribution < 1.29 is 0 Å². The highest BCUT2D eigenvalue weighted by molar-refractivity contribution is 5.83. The molecular formula is C16H21N7. The summed E-state index contributed by atoms with van der Waals surface area (Å²) in [6.07, 6.45) is 4.54. The molecule has 0 aliphatic rings. The standard InChI is InChI=1S/C16H21N7/c1-17-16(20-10-15-21-11-22-23(15)2)18-8-7-12-9-19-14-6-4-3-5-13(12)14/h3-6,9,11,19H,7-8,10H2,1-2H3,(H2,17,18,20). The molecule has 3 rings (SSSR count). The Labute approximate surface area is 134 Å². The lowest BCUT2D eigenvalue weighted by molar-refractivity contribution is 0.672. The average molecular weight is 311 g/mol. The third-order valence-corrected chi connectivity index (χ3v) is 3.80. The van der Waals surface area contributed by atoms with Crippen LogP contribution in [-0.2, 0) is 20.0 Å². The van der Waals surface area contributed by atoms with Gasteiger partial charge in [0.2, 0.25) is 0 Å². The number of hydrogen-bond acceptors (Lipinski definition) is 3. The van der Waals surface area contributed by atoms with Crippen LogP contribution in [0, 0.1) is 0 Å². The molecule has 23 heavy (non-hydrogen) atoms. The number of benzene rings is 1. The van der Waals surface area contributed by atoms with Crippen LogP contribution in [0.5, 0.6) is 0 Å². The number of guanidine groups is 1. The zero-order chi connectivity index (χ0) is 16.1. The minimum atomic E-state index is 0.587. The molecule has 0 saturated carbocycles. The maximum Gasteiger partial charge on any atom is 0.191 e. The van der Waals surface area contributed by atoms with Crippen molar-refractivity contribution in [1.29, 1.82) is 0 Å². The molecule has 3 aromatic rings. The number of H-pyrrole nitrogens is 1. The molecule has 0 amide bonds. The minimum absolute atomic E-state index is 0.587. The van der Waals surface area contributed by atoms with Gasteiger partial charge in [0.1, 0.15) is 12.2 Å². The Hall–Kier alpha value is -2.83. The van der Waals surface area contributed by atoms with E-state index in [-0.39, 0.29) is 0 Å². The molecule has 0 aliphatic heterocycles. The Morgan fingerprint density at radius 3 is 2.96 bits per heavy atom. The van der Waals surface area contributed by atoms with E-state index >= 15 is 0 Å². The Balaban J connectivity index is 1.51. The molecule has 0 radical (unpaired) electrons. The Morgan fingerprint density at radius 1 is 1.30 bits per heavy atom. The fraction of sp³-hybridized carbons (Fsp3) is 0.312. The number of nitrogens with zero attached hydrogens (tertiary/aromatic N) is 4. The first kappa shape index (κ1) is 15.1. The summed E-state index contributed by atoms with van der Waals surface area (Å²) in [6, 6.07) is 8.34. The van der Waals surface area contributed by atoms with Gasteiger partial charge in [-0.15, -0.1) is 0 Å². The molecule has 0 saturated heterocycles. The van der Waals surface area contributed by atoms with Crippen molar-refractivity contribution in [2.75, 3.05) is 13.6 Å². The summed E-state index contributed by atoms with van der Waals surface area (Å²) in [5, 5.41) is 11.9. The van der Waals surface area contributed by atoms with Crippen LogP contribution in [0.4, 0.5) is 0 Å². The van der Waals surface area contributed by atoms with Crippen LogP contribution in [0.15, 0.2) is 41.8 Å². The zero-order valence-corrected chi connectivity index (χ0v) is 13.4. The van der Waals surface area contributed by atoms with E-state index in [0.717, 1.165) is 24.7 Å². The molecule has 0 unspecified atom stereocenters. The van der Waals surface area contributed by atoms with Crippen molar-refractivity contribution in [1.82, 2.24) is 30.4 Å². The third-order valence-electron chi connectivity index (χ3n) is 3.80. The summed E-state index contributed by atoms with van der Waals surface area (Å²) < 4.78 is 1.74. The van der Waals surface area contributed by atoms with E-state index in [9.17, 15) is 0 Å². The number of aromatic nitrogens is 4. The molecule has 0 bridgehead atoms. The number of aromatic amines is 1. The van der Waals surface area contributed by atoms with Gasteiger partial charge in [-0.25, -0.2) is 4.98 Å². The van der Waals surface area contributed by atoms with E-state index < -0.39 is 0 Å². The van der Waals surface area contributed by atoms with E-state index in [0.29, 0.717) is 6.54 Å². The van der Waals surface area contributed by atoms with Crippen LogP contribution >= 0.6 is 0 Å². The Bertz CT molecular complexity index is 799. The molecule has 0 fully saturated rings. The summed E-state index contributed by atoms with van der Waals surface area (Å²) in [5.41, 5.74) is 2.48. The van der Waals surface area contributed by atoms with Crippen LogP contribution < -0.4 is 10.6 Å². The van der Waals surface area contributed by atoms with Gasteiger partial charge in [-0.3, -0.25) is 9.67 Å². The first-order valence-corrected chi connectivity index (χ1v) is 7.60. The van der Waals surface area contributed by atoms with Crippen LogP contribution in [0.3, 0.4) is 0 Å². The predicted molar refractivity (Wildman–Crippen MR) is 91.2 cm³/mol. The number of para-hydroxylation sites is 1. The average Bonchev–Trinajstić information content (AvgIpc) is 3.17. The number of rotatable bonds is 5. The molecule has 120 valence electrons. The van der Waals surface area contributed by atoms with Gasteiger partial charge < -0.3 is 15.6 Å². The highest BCUT2D eigenvalue weighted by Gasteiger charge is 2.05. The largest absolute Gasteiger partial charge is 0.361 e. The summed E-state index contributed by atoms with van der Waals surface area (Å²) in [7, 11) is 3.63. The van der Waals surface area contributed by atoms with Crippen molar-refractivity contribution in [2.45, 2.75) is 13.0 Å². The normalized spacial score (nSPS) is 11.8. The van der Waals surface area contributed by atoms with Gasteiger partial charge in [-0.1, -0.05) is 18.2 Å². The van der Waals surface area contributed by atoms with Crippen molar-refractivity contribution >= 4 is 16.9 Å². The van der Waals surface area contributed by atoms with Crippen LogP contribution in [0.2, 0.25) is 0 Å². The SMILES string of the molecule is CN=C(NCCc1c[nH]c2ccccc12)NCc1ncnn1C. The Morgan fingerprint density at radius 2 is 2.17 bits per heavy atom. The fourth-order valence-corrected chi connectivity index (χ4v) is 2.52. The maximum absolute atomic E-state index is 4.23. The Kier molecular flexibility index (Phi) is 4.56. The minimum Gasteiger partial charge on any atom is -0.361 e. The molecular weight excluding hydrogens is 290 g/mol. The van der Waals surface area contributed by atoms with Crippen molar-refractivity contribution in [3.05, 3.63) is 48.2 Å². The number of fused-ring (bicyclic) bond motifs is 1. The van der Waals surface area contributed by atoms with Gasteiger partial charge >= 0.3 is 0 Å². The lowest BCUT2D eigenvalue weighted by atomic mass is 10.1. The summed E-state index contributed by atoms with van der Waals surface area (Å²) in [5.74, 6) is 1.62. The molecule has 0 spiro atoms. The number of aliphatic imine (C=N–C) groups is 1. The van der Waals surface area contributed by atoms with Gasteiger partial charge in [0.05, 0.1) is 6.54 Å². The first-order chi connectivity index (χ1) is 11.3. The quantitative estimate of drug-likeness (QED) is 0.488. The van der Waals surface area contributed by atoms with Crippen LogP contribution in [0.1, 0.15) is 11.4 Å². The van der Waals surface area contributed by atoms with E-state index in [1.807, 2.05) is 13.1 Å². The van der Waals surface area contributed by atoms with Gasteiger partial charge in [-0.2, -0.15) is 5.10 Å². The summed E-state index contributed by atoms with van der Waals surface area (Å²) >= 11 is 0. The van der Waals surface area contributed by atoms with Crippen molar-refractivity contribution in [3.63, 3.8) is 0 Å². The lowest BCUT2D eigenvalue weighted by Gasteiger charge is -2.11. The second-order valence-electron chi connectivity index (χ2n) is 5.26. The molecule has 7 heteroatoms. The number of hydrogen-bond donors (Lipinski definition) is 3. The van der Waals surface area contributed by atoms with Gasteiger partial charge in [0.15, 0.2) is 5.96 Å². The highest BCUT2D eigenvalue weighted by Crippen LogP contribution is 2.17. The summed E-state index contributed by atoms with van der Waals surface area (Å²) in [6.45, 7) is 1.39. The molecule has 7 nitrogen and oxygen atoms in total. The highest BCUT2D eigenvalue weighted by atomic mass is 15.3. The fourth-order valence-electron chi connectivity index (χ4n) is 2.52. The monoisotopic (exact) mass is 311 g/mol. The van der Waals surface area contributed by atoms with Gasteiger partial charge in [-0.05, 0) is 18.1 Å². The molecule has 2 aromatic heterocycles. The predicted octanol–water partition coefficient (Wildman–Crippen LogP) is 1.20. The lowest BCUT2D eigenvalue weighted by Crippen LogP contribution is -2.38. The zero-order valence-electron chi connectivity index (χ0n) is 13.4. The van der Waals surface area contributed by atoms with Crippen LogP contribution in [-0.4, -0.2) is 39.3 Å². The molecule has 0 aliphatic carbocycles. The summed E-state index contributed by atoms with van der Waals surface area (Å²) in [4.78, 5) is 11.7. The second kappa shape index (κ2) is 6.95. The van der Waals surface area contributed by atoms with Crippen molar-refractivity contribution in [3.8, 4) is 0 Å². The van der Waals surface area contributed by atoms with Gasteiger partial charge in [0.25, 0.3) is 0 Å². The topological polar surface area (TPSA) is 82.9 Å². The molecule has 2 heterocycles. The first-order valence-electron chi connectivity index (χ1n) is 7.60. The third kappa shape index (κ3) is 3.50. The molecule has 1 aromatic carbocycles. The van der Waals surface area contributed by atoms with E-state index in [4.69, 9.17) is 0 Å². The number of nitrogens with one attached hydrogen (secondary N) is 3. The molecule has 0 atom stereocenters. The van der Waals surface area contributed by atoms with Gasteiger partial charge in [0, 0.05) is 37.7 Å². The van der Waals surface area contributed by atoms with Crippen LogP contribution in [0.25, 0.3) is 10.9 Å². The van der Waals surface area contributed by atoms with Crippen molar-refractivity contribution in [2.24, 2.45) is 12.0 Å². The molecule has 3 N–H and O–H groups in total. The maximum atomic E-state index is 4.23. The van der Waals surface area contributed by atoms with E-state index in [2.05, 4.69) is 55.1 Å². The van der Waals surface area contributed by atoms with E-state index in [1.54, 1.807) is 18.1 Å². The number of aryl methyl sites for hydroxylation is 1. The smallest absolute Gasteiger partial charge is 0.191 e. The van der Waals surface area contributed by atoms with E-state index in [1.165, 1.54) is 16.5 Å². The second-order valence-corrected chi connectivity index (χ2v) is 5.26.